The van der Waals surface area contributed by atoms with Crippen molar-refractivity contribution in [2.24, 2.45) is 0 Å². The lowest BCUT2D eigenvalue weighted by atomic mass is 10.5. The van der Waals surface area contributed by atoms with Gasteiger partial charge >= 0.3 is 0 Å². The first-order valence-electron chi connectivity index (χ1n) is 3.15. The Kier molecular flexibility index (Phi) is 3.36. The lowest BCUT2D eigenvalue weighted by Crippen LogP contribution is -1.99. The first kappa shape index (κ1) is 9.03. The minimum atomic E-state index is 1.00. The second-order valence-electron chi connectivity index (χ2n) is 2.22. The zero-order chi connectivity index (χ0) is 8.27. The van der Waals surface area contributed by atoms with E-state index in [2.05, 4.69) is 20.9 Å². The summed E-state index contributed by atoms with van der Waals surface area (Å²) in [5.41, 5.74) is 0. The van der Waals surface area contributed by atoms with E-state index in [1.165, 1.54) is 0 Å². The van der Waals surface area contributed by atoms with E-state index >= 15 is 0 Å². The van der Waals surface area contributed by atoms with Crippen molar-refractivity contribution in [3.05, 3.63) is 22.8 Å². The molecule has 0 aliphatic rings. The summed E-state index contributed by atoms with van der Waals surface area (Å²) < 4.78 is 3.08. The van der Waals surface area contributed by atoms with Crippen LogP contribution in [-0.2, 0) is 0 Å². The van der Waals surface area contributed by atoms with Crippen molar-refractivity contribution in [3.63, 3.8) is 0 Å². The Bertz CT molecular complexity index is 240. The molecule has 0 aromatic carbocycles. The first-order valence-corrected chi connectivity index (χ1v) is 4.72. The number of aromatic nitrogens is 1. The quantitative estimate of drug-likeness (QED) is 0.730. The van der Waals surface area contributed by atoms with Gasteiger partial charge in [0.15, 0.2) is 0 Å². The smallest absolute Gasteiger partial charge is 0.112 e. The molecule has 0 atom stereocenters. The Hall–Kier alpha value is -0.0600. The molecule has 11 heavy (non-hydrogen) atoms. The minimum Gasteiger partial charge on any atom is -0.251 e. The molecule has 0 unspecified atom stereocenters. The molecule has 1 aromatic heterocycles. The van der Waals surface area contributed by atoms with Crippen LogP contribution in [-0.4, -0.2) is 23.4 Å². The molecule has 0 N–H and O–H groups in total. The van der Waals surface area contributed by atoms with Gasteiger partial charge in [-0.3, -0.25) is 4.31 Å². The van der Waals surface area contributed by atoms with Crippen LogP contribution in [0.3, 0.4) is 0 Å². The van der Waals surface area contributed by atoms with Gasteiger partial charge in [0.1, 0.15) is 5.03 Å². The Morgan fingerprint density at radius 1 is 1.55 bits per heavy atom. The van der Waals surface area contributed by atoms with Crippen LogP contribution < -0.4 is 0 Å². The number of pyridine rings is 1. The number of halogens is 1. The fourth-order valence-electron chi connectivity index (χ4n) is 0.622. The van der Waals surface area contributed by atoms with Crippen molar-refractivity contribution >= 4 is 27.9 Å². The summed E-state index contributed by atoms with van der Waals surface area (Å²) in [6, 6.07) is 3.91. The molecular weight excluding hydrogens is 224 g/mol. The molecule has 4 heteroatoms. The fourth-order valence-corrected chi connectivity index (χ4v) is 1.77. The van der Waals surface area contributed by atoms with E-state index in [0.29, 0.717) is 0 Å². The van der Waals surface area contributed by atoms with E-state index in [9.17, 15) is 0 Å². The van der Waals surface area contributed by atoms with E-state index in [-0.39, 0.29) is 0 Å². The summed E-state index contributed by atoms with van der Waals surface area (Å²) in [5.74, 6) is 0. The third-order valence-electron chi connectivity index (χ3n) is 0.973. The molecule has 0 aliphatic carbocycles. The molecule has 1 rings (SSSR count). The fraction of sp³-hybridized carbons (Fsp3) is 0.286. The van der Waals surface area contributed by atoms with Crippen molar-refractivity contribution in [2.45, 2.75) is 5.03 Å². The summed E-state index contributed by atoms with van der Waals surface area (Å²) in [5, 5.41) is 1.00. The van der Waals surface area contributed by atoms with Crippen LogP contribution >= 0.6 is 27.9 Å². The molecular formula is C7H9BrN2S. The average Bonchev–Trinajstić information content (AvgIpc) is 1.85. The standard InChI is InChI=1S/C7H9BrN2S/c1-10(2)11-7-5-6(8)3-4-9-7/h3-5H,1-2H3. The summed E-state index contributed by atoms with van der Waals surface area (Å²) in [6.45, 7) is 0. The molecule has 0 spiro atoms. The normalized spacial score (nSPS) is 10.5. The van der Waals surface area contributed by atoms with E-state index < -0.39 is 0 Å². The third kappa shape index (κ3) is 3.22. The Balaban J connectivity index is 2.71. The summed E-state index contributed by atoms with van der Waals surface area (Å²) in [7, 11) is 3.99. The number of rotatable bonds is 2. The first-order chi connectivity index (χ1) is 5.18. The van der Waals surface area contributed by atoms with Crippen LogP contribution in [0.25, 0.3) is 0 Å². The predicted molar refractivity (Wildman–Crippen MR) is 51.5 cm³/mol. The maximum Gasteiger partial charge on any atom is 0.112 e. The molecule has 0 amide bonds. The Labute approximate surface area is 79.3 Å². The second kappa shape index (κ2) is 4.09. The van der Waals surface area contributed by atoms with Crippen molar-refractivity contribution in [1.82, 2.24) is 9.29 Å². The van der Waals surface area contributed by atoms with Gasteiger partial charge in [0.2, 0.25) is 0 Å². The Morgan fingerprint density at radius 2 is 2.27 bits per heavy atom. The van der Waals surface area contributed by atoms with Gasteiger partial charge in [0.05, 0.1) is 0 Å². The van der Waals surface area contributed by atoms with Crippen LogP contribution in [0.15, 0.2) is 27.8 Å². The highest BCUT2D eigenvalue weighted by Gasteiger charge is 1.96. The van der Waals surface area contributed by atoms with Gasteiger partial charge in [-0.25, -0.2) is 4.98 Å². The molecule has 60 valence electrons. The van der Waals surface area contributed by atoms with Crippen molar-refractivity contribution < 1.29 is 0 Å². The van der Waals surface area contributed by atoms with Gasteiger partial charge < -0.3 is 0 Å². The number of hydrogen-bond donors (Lipinski definition) is 0. The van der Waals surface area contributed by atoms with Gasteiger partial charge in [-0.2, -0.15) is 0 Å². The highest BCUT2D eigenvalue weighted by atomic mass is 79.9. The third-order valence-corrected chi connectivity index (χ3v) is 2.24. The molecule has 0 radical (unpaired) electrons. The molecule has 1 heterocycles. The maximum atomic E-state index is 4.17. The van der Waals surface area contributed by atoms with Crippen LogP contribution in [0, 0.1) is 0 Å². The van der Waals surface area contributed by atoms with E-state index in [1.54, 1.807) is 18.1 Å². The molecule has 0 fully saturated rings. The molecule has 0 saturated heterocycles. The molecule has 0 bridgehead atoms. The van der Waals surface area contributed by atoms with Gasteiger partial charge in [0, 0.05) is 10.7 Å². The van der Waals surface area contributed by atoms with E-state index in [1.807, 2.05) is 30.5 Å². The van der Waals surface area contributed by atoms with Gasteiger partial charge in [-0.05, 0) is 38.2 Å². The minimum absolute atomic E-state index is 1.00. The zero-order valence-electron chi connectivity index (χ0n) is 6.41. The van der Waals surface area contributed by atoms with E-state index in [0.717, 1.165) is 9.50 Å². The van der Waals surface area contributed by atoms with Crippen LogP contribution in [0.2, 0.25) is 0 Å². The number of nitrogens with zero attached hydrogens (tertiary/aromatic N) is 2. The second-order valence-corrected chi connectivity index (χ2v) is 4.46. The van der Waals surface area contributed by atoms with Crippen LogP contribution in [0.1, 0.15) is 0 Å². The van der Waals surface area contributed by atoms with Gasteiger partial charge in [-0.1, -0.05) is 15.9 Å². The predicted octanol–water partition coefficient (Wildman–Crippen LogP) is 2.41. The molecule has 0 saturated carbocycles. The highest BCUT2D eigenvalue weighted by molar-refractivity contribution is 9.10. The lowest BCUT2D eigenvalue weighted by Gasteiger charge is -2.06. The highest BCUT2D eigenvalue weighted by Crippen LogP contribution is 2.19. The van der Waals surface area contributed by atoms with E-state index in [4.69, 9.17) is 0 Å². The monoisotopic (exact) mass is 232 g/mol. The number of hydrogen-bond acceptors (Lipinski definition) is 3. The van der Waals surface area contributed by atoms with Gasteiger partial charge in [-0.15, -0.1) is 0 Å². The largest absolute Gasteiger partial charge is 0.251 e. The molecule has 2 nitrogen and oxygen atoms in total. The molecule has 1 aromatic rings. The van der Waals surface area contributed by atoms with Crippen molar-refractivity contribution in [3.8, 4) is 0 Å². The van der Waals surface area contributed by atoms with Crippen molar-refractivity contribution in [1.29, 1.82) is 0 Å². The topological polar surface area (TPSA) is 16.1 Å². The van der Waals surface area contributed by atoms with Gasteiger partial charge in [0.25, 0.3) is 0 Å². The summed E-state index contributed by atoms with van der Waals surface area (Å²) in [6.07, 6.45) is 1.79. The van der Waals surface area contributed by atoms with Crippen LogP contribution in [0.4, 0.5) is 0 Å². The lowest BCUT2D eigenvalue weighted by molar-refractivity contribution is 0.699. The Morgan fingerprint density at radius 3 is 2.82 bits per heavy atom. The summed E-state index contributed by atoms with van der Waals surface area (Å²) >= 11 is 4.99. The molecule has 0 aliphatic heterocycles. The zero-order valence-corrected chi connectivity index (χ0v) is 8.82. The average molecular weight is 233 g/mol. The van der Waals surface area contributed by atoms with Crippen molar-refractivity contribution in [2.75, 3.05) is 14.1 Å². The van der Waals surface area contributed by atoms with Crippen LogP contribution in [0.5, 0.6) is 0 Å². The summed E-state index contributed by atoms with van der Waals surface area (Å²) in [4.78, 5) is 4.17. The maximum absolute atomic E-state index is 4.17. The SMILES string of the molecule is CN(C)Sc1cc(Br)ccn1.